The maximum Gasteiger partial charge on any atom is 0.0443 e. The van der Waals surface area contributed by atoms with E-state index in [1.807, 2.05) is 0 Å². The highest BCUT2D eigenvalue weighted by Crippen LogP contribution is 2.03. The average molecular weight is 122 g/mol. The molecular formula is C8H10O. The minimum Gasteiger partial charge on any atom is -0.396 e. The third kappa shape index (κ3) is 3.64. The molecule has 0 radical (unpaired) electrons. The Kier molecular flexibility index (Phi) is 4.69. The Bertz CT molecular complexity index is 136. The Hall–Kier alpha value is -0.920. The molecule has 1 atom stereocenters. The van der Waals surface area contributed by atoms with E-state index in [0.29, 0.717) is 12.8 Å². The molecule has 0 aromatic rings. The summed E-state index contributed by atoms with van der Waals surface area (Å²) in [7, 11) is 0. The van der Waals surface area contributed by atoms with Crippen LogP contribution in [0.4, 0.5) is 0 Å². The highest BCUT2D eigenvalue weighted by atomic mass is 16.2. The summed E-state index contributed by atoms with van der Waals surface area (Å²) in [6, 6.07) is 0. The van der Waals surface area contributed by atoms with Crippen LogP contribution in [0.3, 0.4) is 0 Å². The Morgan fingerprint density at radius 3 is 2.44 bits per heavy atom. The molecule has 0 bridgehead atoms. The average Bonchev–Trinajstić information content (AvgIpc) is 1.88. The van der Waals surface area contributed by atoms with Crippen LogP contribution in [0.15, 0.2) is 0 Å². The predicted molar refractivity (Wildman–Crippen MR) is 37.5 cm³/mol. The highest BCUT2D eigenvalue weighted by molar-refractivity contribution is 5.00. The second-order valence-corrected chi connectivity index (χ2v) is 1.78. The second-order valence-electron chi connectivity index (χ2n) is 1.78. The van der Waals surface area contributed by atoms with Gasteiger partial charge in [-0.1, -0.05) is 0 Å². The lowest BCUT2D eigenvalue weighted by Crippen LogP contribution is -1.98. The molecule has 0 aliphatic carbocycles. The van der Waals surface area contributed by atoms with E-state index in [1.54, 1.807) is 0 Å². The predicted octanol–water partition coefficient (Wildman–Crippen LogP) is 0.641. The van der Waals surface area contributed by atoms with Crippen LogP contribution in [-0.4, -0.2) is 11.7 Å². The molecular weight excluding hydrogens is 112 g/mol. The van der Waals surface area contributed by atoms with Crippen molar-refractivity contribution < 1.29 is 5.11 Å². The molecule has 1 unspecified atom stereocenters. The quantitative estimate of drug-likeness (QED) is 0.545. The molecule has 0 aliphatic rings. The van der Waals surface area contributed by atoms with Crippen LogP contribution in [-0.2, 0) is 0 Å². The van der Waals surface area contributed by atoms with Crippen LogP contribution in [0.1, 0.15) is 12.8 Å². The number of hydrogen-bond donors (Lipinski definition) is 1. The lowest BCUT2D eigenvalue weighted by Gasteiger charge is -2.01. The van der Waals surface area contributed by atoms with E-state index in [9.17, 15) is 0 Å². The molecule has 1 N–H and O–H groups in total. The molecule has 0 fully saturated rings. The summed E-state index contributed by atoms with van der Waals surface area (Å²) in [4.78, 5) is 0. The lowest BCUT2D eigenvalue weighted by molar-refractivity contribution is 0.273. The van der Waals surface area contributed by atoms with Crippen LogP contribution >= 0.6 is 0 Å². The van der Waals surface area contributed by atoms with E-state index >= 15 is 0 Å². The zero-order valence-corrected chi connectivity index (χ0v) is 5.30. The maximum absolute atomic E-state index is 8.43. The van der Waals surface area contributed by atoms with Crippen LogP contribution in [0, 0.1) is 30.6 Å². The first-order valence-corrected chi connectivity index (χ1v) is 2.85. The fourth-order valence-electron chi connectivity index (χ4n) is 0.542. The van der Waals surface area contributed by atoms with E-state index in [0.717, 1.165) is 0 Å². The van der Waals surface area contributed by atoms with Crippen molar-refractivity contribution in [3.8, 4) is 24.7 Å². The number of rotatable bonds is 3. The monoisotopic (exact) mass is 122 g/mol. The molecule has 0 aromatic carbocycles. The first-order valence-electron chi connectivity index (χ1n) is 2.85. The molecule has 0 saturated carbocycles. The fourth-order valence-corrected chi connectivity index (χ4v) is 0.542. The van der Waals surface area contributed by atoms with Crippen molar-refractivity contribution in [3.63, 3.8) is 0 Å². The van der Waals surface area contributed by atoms with E-state index in [1.165, 1.54) is 0 Å². The molecule has 0 aliphatic heterocycles. The van der Waals surface area contributed by atoms with Gasteiger partial charge in [-0.15, -0.1) is 24.7 Å². The van der Waals surface area contributed by atoms with Gasteiger partial charge in [0.2, 0.25) is 0 Å². The summed E-state index contributed by atoms with van der Waals surface area (Å²) < 4.78 is 0. The van der Waals surface area contributed by atoms with Gasteiger partial charge in [-0.05, 0) is 6.42 Å². The van der Waals surface area contributed by atoms with Gasteiger partial charge in [0, 0.05) is 18.9 Å². The molecule has 9 heavy (non-hydrogen) atoms. The number of aliphatic hydroxyl groups excluding tert-OH is 1. The van der Waals surface area contributed by atoms with E-state index in [2.05, 4.69) is 11.8 Å². The van der Waals surface area contributed by atoms with Gasteiger partial charge in [0.05, 0.1) is 0 Å². The Morgan fingerprint density at radius 2 is 2.11 bits per heavy atom. The topological polar surface area (TPSA) is 20.2 Å². The van der Waals surface area contributed by atoms with E-state index in [4.69, 9.17) is 18.0 Å². The van der Waals surface area contributed by atoms with Gasteiger partial charge in [0.15, 0.2) is 0 Å². The molecule has 0 saturated heterocycles. The normalized spacial score (nSPS) is 11.4. The lowest BCUT2D eigenvalue weighted by atomic mass is 10.0. The molecule has 0 spiro atoms. The Morgan fingerprint density at radius 1 is 1.44 bits per heavy atom. The number of hydrogen-bond acceptors (Lipinski definition) is 1. The molecule has 1 nitrogen and oxygen atoms in total. The minimum atomic E-state index is 0.0556. The zero-order valence-electron chi connectivity index (χ0n) is 5.30. The largest absolute Gasteiger partial charge is 0.396 e. The summed E-state index contributed by atoms with van der Waals surface area (Å²) >= 11 is 0. The smallest absolute Gasteiger partial charge is 0.0443 e. The maximum atomic E-state index is 8.43. The first-order chi connectivity index (χ1) is 4.35. The molecule has 1 heteroatoms. The van der Waals surface area contributed by atoms with Crippen molar-refractivity contribution in [3.05, 3.63) is 0 Å². The fraction of sp³-hybridized carbons (Fsp3) is 0.500. The molecule has 0 rings (SSSR count). The molecule has 0 aromatic heterocycles. The first kappa shape index (κ1) is 8.08. The van der Waals surface area contributed by atoms with Crippen LogP contribution in [0.5, 0.6) is 0 Å². The van der Waals surface area contributed by atoms with Gasteiger partial charge in [0.25, 0.3) is 0 Å². The van der Waals surface area contributed by atoms with Crippen molar-refractivity contribution in [1.82, 2.24) is 0 Å². The number of terminal acetylenes is 2. The Balaban J connectivity index is 3.48. The van der Waals surface area contributed by atoms with Crippen molar-refractivity contribution >= 4 is 0 Å². The van der Waals surface area contributed by atoms with Crippen molar-refractivity contribution in [1.29, 1.82) is 0 Å². The zero-order chi connectivity index (χ0) is 7.11. The third-order valence-electron chi connectivity index (χ3n) is 1.08. The van der Waals surface area contributed by atoms with Gasteiger partial charge in [-0.2, -0.15) is 0 Å². The standard InChI is InChI=1S/C8H10O/c1-3-5-8(4-2)6-7-9/h1-2,8-9H,5-7H2. The van der Waals surface area contributed by atoms with E-state index in [-0.39, 0.29) is 12.5 Å². The van der Waals surface area contributed by atoms with Crippen molar-refractivity contribution in [2.75, 3.05) is 6.61 Å². The SMILES string of the molecule is C#CCC(C#C)CCO. The summed E-state index contributed by atoms with van der Waals surface area (Å²) in [5.74, 6) is 5.01. The molecule has 0 amide bonds. The highest BCUT2D eigenvalue weighted by Gasteiger charge is 1.99. The van der Waals surface area contributed by atoms with Gasteiger partial charge in [-0.25, -0.2) is 0 Å². The minimum absolute atomic E-state index is 0.0556. The molecule has 48 valence electrons. The third-order valence-corrected chi connectivity index (χ3v) is 1.08. The molecule has 0 heterocycles. The summed E-state index contributed by atoms with van der Waals surface area (Å²) in [5, 5.41) is 8.43. The van der Waals surface area contributed by atoms with Gasteiger partial charge < -0.3 is 5.11 Å². The van der Waals surface area contributed by atoms with Gasteiger partial charge >= 0.3 is 0 Å². The summed E-state index contributed by atoms with van der Waals surface area (Å²) in [6.45, 7) is 0.122. The number of aliphatic hydroxyl groups is 1. The van der Waals surface area contributed by atoms with E-state index < -0.39 is 0 Å². The summed E-state index contributed by atoms with van der Waals surface area (Å²) in [5.41, 5.74) is 0. The van der Waals surface area contributed by atoms with Crippen LogP contribution in [0.2, 0.25) is 0 Å². The Labute approximate surface area is 56.1 Å². The van der Waals surface area contributed by atoms with Crippen molar-refractivity contribution in [2.24, 2.45) is 5.92 Å². The van der Waals surface area contributed by atoms with Crippen LogP contribution in [0.25, 0.3) is 0 Å². The summed E-state index contributed by atoms with van der Waals surface area (Å²) in [6.07, 6.45) is 11.3. The van der Waals surface area contributed by atoms with Gasteiger partial charge in [0.1, 0.15) is 0 Å². The van der Waals surface area contributed by atoms with Crippen LogP contribution < -0.4 is 0 Å². The second kappa shape index (κ2) is 5.22. The van der Waals surface area contributed by atoms with Gasteiger partial charge in [-0.3, -0.25) is 0 Å². The van der Waals surface area contributed by atoms with Crippen molar-refractivity contribution in [2.45, 2.75) is 12.8 Å².